The Kier molecular flexibility index (Phi) is 7.13. The highest BCUT2D eigenvalue weighted by atomic mass is 16.7. The molecule has 3 aromatic carbocycles. The minimum Gasteiger partial charge on any atom is -0.454 e. The lowest BCUT2D eigenvalue weighted by Gasteiger charge is -2.44. The minimum absolute atomic E-state index is 0.0453. The smallest absolute Gasteiger partial charge is 0.256 e. The second-order valence-corrected chi connectivity index (χ2v) is 10.9. The molecule has 9 heteroatoms. The van der Waals surface area contributed by atoms with Gasteiger partial charge in [0.25, 0.3) is 11.8 Å². The first-order valence-corrected chi connectivity index (χ1v) is 13.9. The second-order valence-electron chi connectivity index (χ2n) is 10.9. The number of benzene rings is 3. The molecule has 1 N–H and O–H groups in total. The zero-order chi connectivity index (χ0) is 28.6. The van der Waals surface area contributed by atoms with Gasteiger partial charge in [0.1, 0.15) is 11.8 Å². The van der Waals surface area contributed by atoms with Gasteiger partial charge in [0.15, 0.2) is 11.5 Å². The quantitative estimate of drug-likeness (QED) is 0.514. The molecule has 3 aromatic rings. The average Bonchev–Trinajstić information content (AvgIpc) is 3.60. The van der Waals surface area contributed by atoms with Crippen molar-refractivity contribution in [2.45, 2.75) is 45.0 Å². The molecule has 0 aromatic heterocycles. The zero-order valence-electron chi connectivity index (χ0n) is 23.2. The number of aryl methyl sites for hydroxylation is 2. The fourth-order valence-corrected chi connectivity index (χ4v) is 5.86. The summed E-state index contributed by atoms with van der Waals surface area (Å²) in [7, 11) is 0. The van der Waals surface area contributed by atoms with Gasteiger partial charge in [-0.05, 0) is 55.8 Å². The van der Waals surface area contributed by atoms with Crippen molar-refractivity contribution in [2.24, 2.45) is 0 Å². The molecule has 0 bridgehead atoms. The molecule has 0 aliphatic carbocycles. The number of carbonyl (C=O) groups excluding carboxylic acids is 3. The van der Waals surface area contributed by atoms with E-state index in [0.29, 0.717) is 48.6 Å². The van der Waals surface area contributed by atoms with E-state index in [-0.39, 0.29) is 37.7 Å². The Labute approximate surface area is 239 Å². The molecule has 3 amide bonds. The summed E-state index contributed by atoms with van der Waals surface area (Å²) >= 11 is 0. The number of nitrogens with zero attached hydrogens (tertiary/aromatic N) is 2. The van der Waals surface area contributed by atoms with Crippen LogP contribution in [0.3, 0.4) is 0 Å². The molecule has 6 rings (SSSR count). The number of carbonyl (C=O) groups is 3. The van der Waals surface area contributed by atoms with Crippen LogP contribution >= 0.6 is 0 Å². The maximum absolute atomic E-state index is 14.0. The lowest BCUT2D eigenvalue weighted by Crippen LogP contribution is -2.59. The van der Waals surface area contributed by atoms with E-state index in [2.05, 4.69) is 5.32 Å². The number of hydrogen-bond acceptors (Lipinski definition) is 6. The summed E-state index contributed by atoms with van der Waals surface area (Å²) < 4.78 is 17.2. The Morgan fingerprint density at radius 2 is 1.51 bits per heavy atom. The number of amides is 3. The summed E-state index contributed by atoms with van der Waals surface area (Å²) in [5.41, 5.74) is 2.99. The van der Waals surface area contributed by atoms with Crippen LogP contribution in [0.2, 0.25) is 0 Å². The molecule has 0 saturated carbocycles. The van der Waals surface area contributed by atoms with Crippen molar-refractivity contribution < 1.29 is 28.6 Å². The number of likely N-dealkylation sites (tertiary alicyclic amines) is 1. The molecule has 2 saturated heterocycles. The van der Waals surface area contributed by atoms with E-state index in [4.69, 9.17) is 14.2 Å². The molecule has 9 nitrogen and oxygen atoms in total. The molecule has 3 aliphatic heterocycles. The highest BCUT2D eigenvalue weighted by molar-refractivity contribution is 5.99. The van der Waals surface area contributed by atoms with Crippen LogP contribution in [0.5, 0.6) is 11.5 Å². The molecule has 1 spiro atoms. The van der Waals surface area contributed by atoms with Crippen molar-refractivity contribution in [3.8, 4) is 11.5 Å². The molecule has 1 atom stereocenters. The first-order chi connectivity index (χ1) is 19.8. The monoisotopic (exact) mass is 555 g/mol. The lowest BCUT2D eigenvalue weighted by molar-refractivity contribution is -0.128. The molecule has 3 heterocycles. The number of piperidine rings is 1. The van der Waals surface area contributed by atoms with Gasteiger partial charge in [-0.1, -0.05) is 41.5 Å². The van der Waals surface area contributed by atoms with Gasteiger partial charge in [-0.15, -0.1) is 0 Å². The van der Waals surface area contributed by atoms with Gasteiger partial charge in [-0.25, -0.2) is 0 Å². The van der Waals surface area contributed by atoms with Gasteiger partial charge in [-0.3, -0.25) is 19.3 Å². The van der Waals surface area contributed by atoms with E-state index in [1.807, 2.05) is 74.5 Å². The highest BCUT2D eigenvalue weighted by Crippen LogP contribution is 2.39. The summed E-state index contributed by atoms with van der Waals surface area (Å²) in [6, 6.07) is 19.6. The number of rotatable bonds is 5. The Bertz CT molecular complexity index is 1500. The number of nitrogens with one attached hydrogen (secondary N) is 1. The molecule has 41 heavy (non-hydrogen) atoms. The van der Waals surface area contributed by atoms with Gasteiger partial charge in [-0.2, -0.15) is 0 Å². The van der Waals surface area contributed by atoms with Crippen LogP contribution in [0.4, 0.5) is 0 Å². The van der Waals surface area contributed by atoms with Crippen molar-refractivity contribution in [3.63, 3.8) is 0 Å². The fraction of sp³-hybridized carbons (Fsp3) is 0.344. The van der Waals surface area contributed by atoms with Crippen LogP contribution in [0.1, 0.15) is 50.2 Å². The summed E-state index contributed by atoms with van der Waals surface area (Å²) in [4.78, 5) is 44.2. The van der Waals surface area contributed by atoms with E-state index < -0.39 is 11.8 Å². The summed E-state index contributed by atoms with van der Waals surface area (Å²) in [6.45, 7) is 5.24. The van der Waals surface area contributed by atoms with Gasteiger partial charge in [0.05, 0.1) is 6.61 Å². The first kappa shape index (κ1) is 26.8. The van der Waals surface area contributed by atoms with Crippen LogP contribution < -0.4 is 14.8 Å². The van der Waals surface area contributed by atoms with E-state index in [1.165, 1.54) is 0 Å². The molecule has 0 unspecified atom stereocenters. The summed E-state index contributed by atoms with van der Waals surface area (Å²) in [5.74, 6) is 0.722. The Morgan fingerprint density at radius 3 is 2.20 bits per heavy atom. The van der Waals surface area contributed by atoms with E-state index in [0.717, 1.165) is 16.7 Å². The molecule has 212 valence electrons. The Balaban J connectivity index is 1.21. The maximum atomic E-state index is 14.0. The molecule has 0 radical (unpaired) electrons. The van der Waals surface area contributed by atoms with Gasteiger partial charge >= 0.3 is 0 Å². The molecule has 3 aliphatic rings. The predicted octanol–water partition coefficient (Wildman–Crippen LogP) is 3.82. The van der Waals surface area contributed by atoms with Crippen molar-refractivity contribution in [2.75, 3.05) is 26.5 Å². The number of ether oxygens (including phenoxy) is 3. The van der Waals surface area contributed by atoms with Gasteiger partial charge < -0.3 is 24.4 Å². The van der Waals surface area contributed by atoms with E-state index in [1.54, 1.807) is 15.9 Å². The van der Waals surface area contributed by atoms with Gasteiger partial charge in [0.2, 0.25) is 12.7 Å². The topological polar surface area (TPSA) is 97.4 Å². The van der Waals surface area contributed by atoms with Crippen LogP contribution in [-0.2, 0) is 16.1 Å². The SMILES string of the molecule is Cc1cccc(C(=O)N2CCC3(CC2)OC[C@@H](C(=O)NCc2ccc4c(c2)OCO4)N3C(=O)c2cccc(C)c2)c1. The third kappa shape index (κ3) is 5.25. The average molecular weight is 556 g/mol. The van der Waals surface area contributed by atoms with E-state index in [9.17, 15) is 14.4 Å². The minimum atomic E-state index is -0.981. The molecular formula is C32H33N3O6. The van der Waals surface area contributed by atoms with E-state index >= 15 is 0 Å². The lowest BCUT2D eigenvalue weighted by atomic mass is 9.95. The van der Waals surface area contributed by atoms with Crippen molar-refractivity contribution in [1.29, 1.82) is 0 Å². The molecular weight excluding hydrogens is 522 g/mol. The van der Waals surface area contributed by atoms with Crippen LogP contribution in [0.15, 0.2) is 66.7 Å². The zero-order valence-corrected chi connectivity index (χ0v) is 23.2. The highest BCUT2D eigenvalue weighted by Gasteiger charge is 2.54. The fourth-order valence-electron chi connectivity index (χ4n) is 5.86. The second kappa shape index (κ2) is 10.9. The van der Waals surface area contributed by atoms with Crippen molar-refractivity contribution >= 4 is 17.7 Å². The number of hydrogen-bond donors (Lipinski definition) is 1. The van der Waals surface area contributed by atoms with Crippen LogP contribution in [-0.4, -0.2) is 65.8 Å². The predicted molar refractivity (Wildman–Crippen MR) is 151 cm³/mol. The molecule has 2 fully saturated rings. The summed E-state index contributed by atoms with van der Waals surface area (Å²) in [5, 5.41) is 2.98. The standard InChI is InChI=1S/C32H33N3O6/c1-21-5-3-7-24(15-21)30(37)34-13-11-32(12-14-34)35(31(38)25-8-4-6-22(2)16-25)26(19-41-32)29(36)33-18-23-9-10-27-28(17-23)40-20-39-27/h3-10,15-17,26H,11-14,18-20H2,1-2H3,(H,33,36)/t26-/m0/s1. The largest absolute Gasteiger partial charge is 0.454 e. The van der Waals surface area contributed by atoms with Crippen molar-refractivity contribution in [1.82, 2.24) is 15.1 Å². The normalized spacial score (nSPS) is 18.9. The number of fused-ring (bicyclic) bond motifs is 1. The third-order valence-electron chi connectivity index (χ3n) is 8.05. The van der Waals surface area contributed by atoms with Gasteiger partial charge in [0, 0.05) is 43.6 Å². The first-order valence-electron chi connectivity index (χ1n) is 13.9. The van der Waals surface area contributed by atoms with Crippen LogP contribution in [0, 0.1) is 13.8 Å². The Morgan fingerprint density at radius 1 is 0.854 bits per heavy atom. The van der Waals surface area contributed by atoms with Crippen molar-refractivity contribution in [3.05, 3.63) is 94.5 Å². The maximum Gasteiger partial charge on any atom is 0.256 e. The van der Waals surface area contributed by atoms with Crippen LogP contribution in [0.25, 0.3) is 0 Å². The Hall–Kier alpha value is -4.37. The third-order valence-corrected chi connectivity index (χ3v) is 8.05. The summed E-state index contributed by atoms with van der Waals surface area (Å²) in [6.07, 6.45) is 0.822.